The molecule has 1 saturated carbocycles. The maximum Gasteiger partial charge on any atom is 0.251 e. The van der Waals surface area contributed by atoms with Crippen LogP contribution in [0.3, 0.4) is 0 Å². The van der Waals surface area contributed by atoms with Crippen molar-refractivity contribution in [2.24, 2.45) is 11.8 Å². The Morgan fingerprint density at radius 1 is 1.03 bits per heavy atom. The van der Waals surface area contributed by atoms with E-state index in [0.29, 0.717) is 50.4 Å². The summed E-state index contributed by atoms with van der Waals surface area (Å²) in [5, 5.41) is 5.79. The Morgan fingerprint density at radius 3 is 2.28 bits per heavy atom. The normalized spacial score (nSPS) is 18.2. The molecule has 0 spiro atoms. The SMILES string of the molecule is COCCNC(=O)[C@H](NC(=O)c1ccc(OC)cc1)C1CCN(C(=O)C2CCCC2)CC1. The van der Waals surface area contributed by atoms with E-state index in [1.54, 1.807) is 38.5 Å². The fraction of sp³-hybridized carbons (Fsp3) is 0.625. The number of hydrogen-bond acceptors (Lipinski definition) is 5. The molecule has 1 saturated heterocycles. The van der Waals surface area contributed by atoms with Gasteiger partial charge in [-0.05, 0) is 55.9 Å². The van der Waals surface area contributed by atoms with E-state index in [1.165, 1.54) is 0 Å². The molecule has 1 aliphatic carbocycles. The van der Waals surface area contributed by atoms with E-state index in [9.17, 15) is 14.4 Å². The number of amides is 3. The predicted octanol–water partition coefficient (Wildman–Crippen LogP) is 1.99. The van der Waals surface area contributed by atoms with Crippen LogP contribution in [0.15, 0.2) is 24.3 Å². The Kier molecular flexibility index (Phi) is 8.90. The van der Waals surface area contributed by atoms with Crippen LogP contribution < -0.4 is 15.4 Å². The van der Waals surface area contributed by atoms with Crippen LogP contribution in [0.5, 0.6) is 5.75 Å². The topological polar surface area (TPSA) is 97.0 Å². The van der Waals surface area contributed by atoms with Gasteiger partial charge in [0.1, 0.15) is 11.8 Å². The first-order chi connectivity index (χ1) is 15.5. The number of carbonyl (C=O) groups is 3. The molecule has 32 heavy (non-hydrogen) atoms. The molecule has 1 heterocycles. The number of carbonyl (C=O) groups excluding carboxylic acids is 3. The lowest BCUT2D eigenvalue weighted by atomic mass is 9.87. The monoisotopic (exact) mass is 445 g/mol. The van der Waals surface area contributed by atoms with Crippen molar-refractivity contribution in [3.05, 3.63) is 29.8 Å². The number of benzene rings is 1. The molecule has 0 bridgehead atoms. The number of rotatable bonds is 9. The van der Waals surface area contributed by atoms with Gasteiger partial charge in [-0.15, -0.1) is 0 Å². The highest BCUT2D eigenvalue weighted by atomic mass is 16.5. The summed E-state index contributed by atoms with van der Waals surface area (Å²) in [5.41, 5.74) is 0.467. The molecule has 8 heteroatoms. The third kappa shape index (κ3) is 6.22. The molecule has 176 valence electrons. The number of ether oxygens (including phenoxy) is 2. The van der Waals surface area contributed by atoms with E-state index in [2.05, 4.69) is 10.6 Å². The number of likely N-dealkylation sites (tertiary alicyclic amines) is 1. The van der Waals surface area contributed by atoms with Gasteiger partial charge >= 0.3 is 0 Å². The van der Waals surface area contributed by atoms with Crippen molar-refractivity contribution in [3.8, 4) is 5.75 Å². The van der Waals surface area contributed by atoms with Crippen LogP contribution in [0, 0.1) is 11.8 Å². The highest BCUT2D eigenvalue weighted by Gasteiger charge is 2.35. The molecule has 0 radical (unpaired) electrons. The van der Waals surface area contributed by atoms with Crippen LogP contribution >= 0.6 is 0 Å². The summed E-state index contributed by atoms with van der Waals surface area (Å²) in [6.07, 6.45) is 5.61. The van der Waals surface area contributed by atoms with Crippen molar-refractivity contribution in [1.82, 2.24) is 15.5 Å². The van der Waals surface area contributed by atoms with Crippen molar-refractivity contribution >= 4 is 17.7 Å². The minimum Gasteiger partial charge on any atom is -0.497 e. The average Bonchev–Trinajstić information content (AvgIpc) is 3.37. The van der Waals surface area contributed by atoms with Crippen LogP contribution in [-0.4, -0.2) is 69.1 Å². The van der Waals surface area contributed by atoms with E-state index in [4.69, 9.17) is 9.47 Å². The Labute approximate surface area is 190 Å². The zero-order valence-electron chi connectivity index (χ0n) is 19.1. The lowest BCUT2D eigenvalue weighted by Crippen LogP contribution is -2.54. The Balaban J connectivity index is 1.63. The van der Waals surface area contributed by atoms with Crippen molar-refractivity contribution in [2.45, 2.75) is 44.6 Å². The van der Waals surface area contributed by atoms with Crippen LogP contribution in [0.25, 0.3) is 0 Å². The number of nitrogens with zero attached hydrogens (tertiary/aromatic N) is 1. The zero-order chi connectivity index (χ0) is 22.9. The standard InChI is InChI=1S/C24H35N3O5/c1-31-16-13-25-23(29)21(26-22(28)18-7-9-20(32-2)10-8-18)17-11-14-27(15-12-17)24(30)19-5-3-4-6-19/h7-10,17,19,21H,3-6,11-16H2,1-2H3,(H,25,29)(H,26,28)/t21-/m1/s1. The van der Waals surface area contributed by atoms with Crippen molar-refractivity contribution in [1.29, 1.82) is 0 Å². The molecular weight excluding hydrogens is 410 g/mol. The molecule has 2 fully saturated rings. The predicted molar refractivity (Wildman–Crippen MR) is 120 cm³/mol. The van der Waals surface area contributed by atoms with Gasteiger partial charge in [0.15, 0.2) is 0 Å². The number of hydrogen-bond donors (Lipinski definition) is 2. The molecule has 0 unspecified atom stereocenters. The lowest BCUT2D eigenvalue weighted by molar-refractivity contribution is -0.137. The maximum atomic E-state index is 12.9. The summed E-state index contributed by atoms with van der Waals surface area (Å²) in [6, 6.07) is 6.13. The van der Waals surface area contributed by atoms with Gasteiger partial charge in [0.25, 0.3) is 5.91 Å². The quantitative estimate of drug-likeness (QED) is 0.567. The second kappa shape index (κ2) is 11.9. The van der Waals surface area contributed by atoms with Gasteiger partial charge in [0.05, 0.1) is 13.7 Å². The van der Waals surface area contributed by atoms with Crippen molar-refractivity contribution in [3.63, 3.8) is 0 Å². The van der Waals surface area contributed by atoms with Gasteiger partial charge < -0.3 is 25.0 Å². The molecule has 3 rings (SSSR count). The first kappa shape index (κ1) is 24.0. The van der Waals surface area contributed by atoms with Crippen LogP contribution in [0.1, 0.15) is 48.9 Å². The van der Waals surface area contributed by atoms with Gasteiger partial charge in [-0.25, -0.2) is 0 Å². The van der Waals surface area contributed by atoms with E-state index < -0.39 is 6.04 Å². The maximum absolute atomic E-state index is 12.9. The molecule has 1 aromatic carbocycles. The van der Waals surface area contributed by atoms with Gasteiger partial charge in [-0.3, -0.25) is 14.4 Å². The highest BCUT2D eigenvalue weighted by Crippen LogP contribution is 2.29. The summed E-state index contributed by atoms with van der Waals surface area (Å²) < 4.78 is 10.2. The van der Waals surface area contributed by atoms with Crippen LogP contribution in [0.2, 0.25) is 0 Å². The minimum atomic E-state index is -0.662. The van der Waals surface area contributed by atoms with Crippen molar-refractivity contribution in [2.75, 3.05) is 40.5 Å². The molecule has 2 aliphatic rings. The summed E-state index contributed by atoms with van der Waals surface area (Å²) in [4.78, 5) is 40.5. The highest BCUT2D eigenvalue weighted by molar-refractivity contribution is 5.97. The summed E-state index contributed by atoms with van der Waals surface area (Å²) in [5.74, 6) is 0.523. The van der Waals surface area contributed by atoms with E-state index >= 15 is 0 Å². The van der Waals surface area contributed by atoms with Crippen LogP contribution in [-0.2, 0) is 14.3 Å². The van der Waals surface area contributed by atoms with E-state index in [0.717, 1.165) is 25.7 Å². The number of piperidine rings is 1. The van der Waals surface area contributed by atoms with E-state index in [1.807, 2.05) is 4.90 Å². The largest absolute Gasteiger partial charge is 0.497 e. The molecular formula is C24H35N3O5. The van der Waals surface area contributed by atoms with Gasteiger partial charge in [0.2, 0.25) is 11.8 Å². The fourth-order valence-electron chi connectivity index (χ4n) is 4.63. The molecule has 1 atom stereocenters. The third-order valence-corrected chi connectivity index (χ3v) is 6.55. The summed E-state index contributed by atoms with van der Waals surface area (Å²) >= 11 is 0. The van der Waals surface area contributed by atoms with Gasteiger partial charge in [-0.1, -0.05) is 12.8 Å². The smallest absolute Gasteiger partial charge is 0.251 e. The Bertz CT molecular complexity index is 768. The van der Waals surface area contributed by atoms with E-state index in [-0.39, 0.29) is 29.6 Å². The lowest BCUT2D eigenvalue weighted by Gasteiger charge is -2.36. The Morgan fingerprint density at radius 2 is 1.69 bits per heavy atom. The summed E-state index contributed by atoms with van der Waals surface area (Å²) in [7, 11) is 3.14. The fourth-order valence-corrected chi connectivity index (χ4v) is 4.63. The van der Waals surface area contributed by atoms with Gasteiger partial charge in [-0.2, -0.15) is 0 Å². The third-order valence-electron chi connectivity index (χ3n) is 6.55. The second-order valence-corrected chi connectivity index (χ2v) is 8.61. The van der Waals surface area contributed by atoms with Gasteiger partial charge in [0, 0.05) is 38.2 Å². The zero-order valence-corrected chi connectivity index (χ0v) is 19.1. The second-order valence-electron chi connectivity index (χ2n) is 8.61. The summed E-state index contributed by atoms with van der Waals surface area (Å²) in [6.45, 7) is 2.03. The molecule has 1 aromatic rings. The minimum absolute atomic E-state index is 0.0348. The van der Waals surface area contributed by atoms with Crippen molar-refractivity contribution < 1.29 is 23.9 Å². The number of nitrogens with one attached hydrogen (secondary N) is 2. The average molecular weight is 446 g/mol. The first-order valence-electron chi connectivity index (χ1n) is 11.5. The Hall–Kier alpha value is -2.61. The molecule has 1 aliphatic heterocycles. The molecule has 0 aromatic heterocycles. The number of methoxy groups -OCH3 is 2. The molecule has 3 amide bonds. The first-order valence-corrected chi connectivity index (χ1v) is 11.5. The van der Waals surface area contributed by atoms with Crippen LogP contribution in [0.4, 0.5) is 0 Å². The molecule has 2 N–H and O–H groups in total. The molecule has 8 nitrogen and oxygen atoms in total.